The number of rotatable bonds is 2. The van der Waals surface area contributed by atoms with Crippen LogP contribution in [-0.2, 0) is 9.59 Å². The molecule has 1 N–H and O–H groups in total. The number of hydrogen-bond donors (Lipinski definition) is 1. The van der Waals surface area contributed by atoms with Gasteiger partial charge in [-0.2, -0.15) is 0 Å². The van der Waals surface area contributed by atoms with Crippen molar-refractivity contribution >= 4 is 27.7 Å². The third kappa shape index (κ3) is 2.70. The molecular formula is C9H15BrN2O2. The highest BCUT2D eigenvalue weighted by molar-refractivity contribution is 9.10. The van der Waals surface area contributed by atoms with Gasteiger partial charge in [-0.25, -0.2) is 0 Å². The fraction of sp³-hybridized carbons (Fsp3) is 0.778. The van der Waals surface area contributed by atoms with E-state index in [1.54, 1.807) is 25.8 Å². The van der Waals surface area contributed by atoms with E-state index in [-0.39, 0.29) is 17.9 Å². The van der Waals surface area contributed by atoms with Crippen LogP contribution in [0.4, 0.5) is 0 Å². The number of carbonyl (C=O) groups is 2. The van der Waals surface area contributed by atoms with E-state index in [0.29, 0.717) is 13.0 Å². The Hall–Kier alpha value is -0.580. The van der Waals surface area contributed by atoms with Crippen LogP contribution in [-0.4, -0.2) is 40.7 Å². The Labute approximate surface area is 92.2 Å². The minimum Gasteiger partial charge on any atom is -0.350 e. The minimum atomic E-state index is -0.572. The topological polar surface area (TPSA) is 49.4 Å². The van der Waals surface area contributed by atoms with E-state index in [0.717, 1.165) is 0 Å². The van der Waals surface area contributed by atoms with Crippen molar-refractivity contribution in [3.63, 3.8) is 0 Å². The third-order valence-corrected chi connectivity index (χ3v) is 2.58. The predicted molar refractivity (Wildman–Crippen MR) is 57.2 cm³/mol. The first-order valence-electron chi connectivity index (χ1n) is 4.54. The lowest BCUT2D eigenvalue weighted by Crippen LogP contribution is -2.44. The molecule has 0 aliphatic carbocycles. The van der Waals surface area contributed by atoms with Crippen LogP contribution in [0.15, 0.2) is 0 Å². The Morgan fingerprint density at radius 3 is 2.57 bits per heavy atom. The van der Waals surface area contributed by atoms with E-state index < -0.39 is 4.32 Å². The second-order valence-electron chi connectivity index (χ2n) is 4.12. The van der Waals surface area contributed by atoms with Crippen molar-refractivity contribution < 1.29 is 9.59 Å². The van der Waals surface area contributed by atoms with Crippen LogP contribution in [0.2, 0.25) is 0 Å². The number of alkyl halides is 1. The van der Waals surface area contributed by atoms with Gasteiger partial charge >= 0.3 is 0 Å². The molecule has 1 heterocycles. The maximum absolute atomic E-state index is 11.5. The van der Waals surface area contributed by atoms with E-state index in [1.165, 1.54) is 0 Å². The van der Waals surface area contributed by atoms with Gasteiger partial charge in [0.25, 0.3) is 0 Å². The molecular weight excluding hydrogens is 248 g/mol. The quantitative estimate of drug-likeness (QED) is 0.738. The average molecular weight is 263 g/mol. The highest BCUT2D eigenvalue weighted by Crippen LogP contribution is 2.17. The molecule has 1 unspecified atom stereocenters. The second kappa shape index (κ2) is 3.88. The largest absolute Gasteiger partial charge is 0.350 e. The van der Waals surface area contributed by atoms with Crippen molar-refractivity contribution in [2.45, 2.75) is 30.6 Å². The molecule has 0 spiro atoms. The summed E-state index contributed by atoms with van der Waals surface area (Å²) in [5, 5.41) is 2.83. The van der Waals surface area contributed by atoms with E-state index in [4.69, 9.17) is 0 Å². The first-order valence-corrected chi connectivity index (χ1v) is 5.34. The summed E-state index contributed by atoms with van der Waals surface area (Å²) in [4.78, 5) is 24.4. The van der Waals surface area contributed by atoms with Crippen molar-refractivity contribution in [2.24, 2.45) is 0 Å². The standard InChI is InChI=1S/C9H15BrN2O2/c1-9(2,10)8(14)11-6-4-7(13)12(3)5-6/h6H,4-5H2,1-3H3,(H,11,14). The number of amides is 2. The van der Waals surface area contributed by atoms with Crippen molar-refractivity contribution in [1.29, 1.82) is 0 Å². The molecule has 1 saturated heterocycles. The average Bonchev–Trinajstić information content (AvgIpc) is 2.29. The van der Waals surface area contributed by atoms with Crippen molar-refractivity contribution in [3.05, 3.63) is 0 Å². The van der Waals surface area contributed by atoms with Crippen LogP contribution >= 0.6 is 15.9 Å². The fourth-order valence-corrected chi connectivity index (χ4v) is 1.43. The van der Waals surface area contributed by atoms with Gasteiger partial charge in [-0.1, -0.05) is 15.9 Å². The smallest absolute Gasteiger partial charge is 0.236 e. The highest BCUT2D eigenvalue weighted by atomic mass is 79.9. The zero-order valence-electron chi connectivity index (χ0n) is 8.63. The predicted octanol–water partition coefficient (Wildman–Crippen LogP) is 0.507. The summed E-state index contributed by atoms with van der Waals surface area (Å²) in [6, 6.07) is -0.0446. The summed E-state index contributed by atoms with van der Waals surface area (Å²) in [6.07, 6.45) is 0.408. The summed E-state index contributed by atoms with van der Waals surface area (Å²) >= 11 is 3.27. The number of likely N-dealkylation sites (tertiary alicyclic amines) is 1. The van der Waals surface area contributed by atoms with Gasteiger partial charge in [0.05, 0.1) is 10.4 Å². The van der Waals surface area contributed by atoms with Gasteiger partial charge < -0.3 is 10.2 Å². The fourth-order valence-electron chi connectivity index (χ4n) is 1.32. The molecule has 1 fully saturated rings. The summed E-state index contributed by atoms with van der Waals surface area (Å²) in [6.45, 7) is 4.17. The molecule has 0 aromatic carbocycles. The number of carbonyl (C=O) groups excluding carboxylic acids is 2. The summed E-state index contributed by atoms with van der Waals surface area (Å²) in [5.74, 6) is 0.00767. The Morgan fingerprint density at radius 2 is 2.21 bits per heavy atom. The van der Waals surface area contributed by atoms with E-state index >= 15 is 0 Å². The number of nitrogens with one attached hydrogen (secondary N) is 1. The molecule has 5 heteroatoms. The molecule has 1 atom stereocenters. The molecule has 2 amide bonds. The van der Waals surface area contributed by atoms with Crippen molar-refractivity contribution in [3.8, 4) is 0 Å². The van der Waals surface area contributed by atoms with Gasteiger partial charge in [0.1, 0.15) is 0 Å². The Kier molecular flexibility index (Phi) is 3.19. The molecule has 0 saturated carbocycles. The van der Waals surface area contributed by atoms with Crippen LogP contribution in [0.3, 0.4) is 0 Å². The molecule has 1 aliphatic heterocycles. The molecule has 1 rings (SSSR count). The molecule has 0 aromatic rings. The van der Waals surface area contributed by atoms with Crippen LogP contribution in [0.25, 0.3) is 0 Å². The number of halogens is 1. The van der Waals surface area contributed by atoms with Gasteiger partial charge in [-0.15, -0.1) is 0 Å². The third-order valence-electron chi connectivity index (χ3n) is 2.22. The summed E-state index contributed by atoms with van der Waals surface area (Å²) < 4.78 is -0.572. The number of nitrogens with zero attached hydrogens (tertiary/aromatic N) is 1. The van der Waals surface area contributed by atoms with E-state index in [2.05, 4.69) is 21.2 Å². The van der Waals surface area contributed by atoms with Crippen LogP contribution < -0.4 is 5.32 Å². The Bertz CT molecular complexity index is 260. The van der Waals surface area contributed by atoms with Crippen molar-refractivity contribution in [1.82, 2.24) is 10.2 Å². The molecule has 80 valence electrons. The SMILES string of the molecule is CN1CC(NC(=O)C(C)(C)Br)CC1=O. The molecule has 0 bridgehead atoms. The zero-order chi connectivity index (χ0) is 10.9. The second-order valence-corrected chi connectivity index (χ2v) is 6.10. The molecule has 4 nitrogen and oxygen atoms in total. The van der Waals surface area contributed by atoms with Gasteiger partial charge in [0, 0.05) is 20.0 Å². The Balaban J connectivity index is 2.48. The lowest BCUT2D eigenvalue weighted by Gasteiger charge is -2.19. The van der Waals surface area contributed by atoms with Gasteiger partial charge in [-0.3, -0.25) is 9.59 Å². The summed E-state index contributed by atoms with van der Waals surface area (Å²) in [5.41, 5.74) is 0. The molecule has 0 radical (unpaired) electrons. The van der Waals surface area contributed by atoms with Crippen LogP contribution in [0.5, 0.6) is 0 Å². The maximum Gasteiger partial charge on any atom is 0.236 e. The summed E-state index contributed by atoms with van der Waals surface area (Å²) in [7, 11) is 1.74. The Morgan fingerprint density at radius 1 is 1.64 bits per heavy atom. The first kappa shape index (κ1) is 11.5. The molecule has 0 aromatic heterocycles. The lowest BCUT2D eigenvalue weighted by atomic mass is 10.1. The van der Waals surface area contributed by atoms with Gasteiger partial charge in [-0.05, 0) is 13.8 Å². The van der Waals surface area contributed by atoms with Crippen LogP contribution in [0.1, 0.15) is 20.3 Å². The van der Waals surface area contributed by atoms with Crippen molar-refractivity contribution in [2.75, 3.05) is 13.6 Å². The monoisotopic (exact) mass is 262 g/mol. The lowest BCUT2D eigenvalue weighted by molar-refractivity contribution is -0.126. The number of hydrogen-bond acceptors (Lipinski definition) is 2. The van der Waals surface area contributed by atoms with Crippen LogP contribution in [0, 0.1) is 0 Å². The van der Waals surface area contributed by atoms with E-state index in [9.17, 15) is 9.59 Å². The molecule has 14 heavy (non-hydrogen) atoms. The van der Waals surface area contributed by atoms with E-state index in [1.807, 2.05) is 0 Å². The first-order chi connectivity index (χ1) is 6.30. The minimum absolute atomic E-state index is 0.0446. The maximum atomic E-state index is 11.5. The zero-order valence-corrected chi connectivity index (χ0v) is 10.2. The normalized spacial score (nSPS) is 22.7. The van der Waals surface area contributed by atoms with Gasteiger partial charge in [0.2, 0.25) is 11.8 Å². The van der Waals surface area contributed by atoms with Gasteiger partial charge in [0.15, 0.2) is 0 Å². The molecule has 1 aliphatic rings. The highest BCUT2D eigenvalue weighted by Gasteiger charge is 2.31. The number of likely N-dealkylation sites (N-methyl/N-ethyl adjacent to an activating group) is 1.